The predicted molar refractivity (Wildman–Crippen MR) is 130 cm³/mol. The normalized spacial score (nSPS) is 22.9. The van der Waals surface area contributed by atoms with E-state index in [0.717, 1.165) is 13.0 Å². The Hall–Kier alpha value is -2.44. The molecule has 0 radical (unpaired) electrons. The molecule has 1 aromatic heterocycles. The van der Waals surface area contributed by atoms with Crippen LogP contribution in [0.5, 0.6) is 5.75 Å². The van der Waals surface area contributed by atoms with Crippen LogP contribution in [0, 0.1) is 11.8 Å². The fraction of sp³-hybridized carbons (Fsp3) is 0.600. The molecule has 1 aliphatic rings. The Morgan fingerprint density at radius 1 is 1.37 bits per heavy atom. The highest BCUT2D eigenvalue weighted by Gasteiger charge is 2.41. The van der Waals surface area contributed by atoms with E-state index in [9.17, 15) is 37.0 Å². The van der Waals surface area contributed by atoms with Crippen LogP contribution >= 0.6 is 11.6 Å². The lowest BCUT2D eigenvalue weighted by atomic mass is 9.77. The topological polar surface area (TPSA) is 96.6 Å². The zero-order chi connectivity index (χ0) is 28.4. The molecule has 38 heavy (non-hydrogen) atoms. The molecule has 2 aromatic rings. The standard InChI is InChI=1S/C25H31ClF5N3O4/c1-4-34-21(16-6-5-15(10-14(3)25(29,30)31)11-17(16)38-23(27)28)19(26)20(33-34)22(36)32-12-24(37)8-7-13(2)9-18(24)35/h5-6,11,13-14,18,23,35,37H,4,7-10,12H2,1-3H3,(H,32,36)/t13-,14+,18-,24-/m1/s1. The second kappa shape index (κ2) is 11.7. The quantitative estimate of drug-likeness (QED) is 0.362. The van der Waals surface area contributed by atoms with Crippen molar-refractivity contribution in [1.29, 1.82) is 0 Å². The van der Waals surface area contributed by atoms with E-state index in [-0.39, 0.29) is 53.0 Å². The molecule has 1 aromatic carbocycles. The van der Waals surface area contributed by atoms with Gasteiger partial charge < -0.3 is 20.3 Å². The molecule has 1 fully saturated rings. The molecule has 1 aliphatic carbocycles. The third-order valence-corrected chi connectivity index (χ3v) is 7.26. The first-order valence-corrected chi connectivity index (χ1v) is 12.6. The fourth-order valence-electron chi connectivity index (χ4n) is 4.53. The summed E-state index contributed by atoms with van der Waals surface area (Å²) in [4.78, 5) is 12.9. The summed E-state index contributed by atoms with van der Waals surface area (Å²) in [5, 5.41) is 27.6. The number of halogens is 6. The number of aliphatic hydroxyl groups excluding tert-OH is 1. The summed E-state index contributed by atoms with van der Waals surface area (Å²) < 4.78 is 71.4. The summed E-state index contributed by atoms with van der Waals surface area (Å²) in [6.45, 7) is 1.26. The molecule has 0 saturated heterocycles. The van der Waals surface area contributed by atoms with Crippen LogP contribution in [-0.2, 0) is 13.0 Å². The lowest BCUT2D eigenvalue weighted by molar-refractivity contribution is -0.169. The molecule has 1 amide bonds. The Morgan fingerprint density at radius 3 is 2.63 bits per heavy atom. The van der Waals surface area contributed by atoms with Gasteiger partial charge in [-0.25, -0.2) is 0 Å². The van der Waals surface area contributed by atoms with Crippen LogP contribution in [0.1, 0.15) is 56.1 Å². The Balaban J connectivity index is 1.92. The zero-order valence-corrected chi connectivity index (χ0v) is 21.9. The predicted octanol–water partition coefficient (Wildman–Crippen LogP) is 5.21. The van der Waals surface area contributed by atoms with Crippen molar-refractivity contribution in [3.8, 4) is 17.0 Å². The van der Waals surface area contributed by atoms with E-state index in [1.54, 1.807) is 6.92 Å². The number of nitrogens with zero attached hydrogens (tertiary/aromatic N) is 2. The Labute approximate surface area is 221 Å². The third-order valence-electron chi connectivity index (χ3n) is 6.90. The smallest absolute Gasteiger partial charge is 0.391 e. The molecule has 212 valence electrons. The number of aliphatic hydroxyl groups is 2. The highest BCUT2D eigenvalue weighted by Crippen LogP contribution is 2.39. The van der Waals surface area contributed by atoms with Crippen LogP contribution in [0.3, 0.4) is 0 Å². The van der Waals surface area contributed by atoms with Gasteiger partial charge >= 0.3 is 12.8 Å². The van der Waals surface area contributed by atoms with Crippen molar-refractivity contribution in [2.24, 2.45) is 11.8 Å². The first kappa shape index (κ1) is 30.1. The van der Waals surface area contributed by atoms with Gasteiger partial charge in [0.25, 0.3) is 5.91 Å². The third kappa shape index (κ3) is 6.76. The van der Waals surface area contributed by atoms with Crippen LogP contribution in [0.25, 0.3) is 11.3 Å². The van der Waals surface area contributed by atoms with Crippen LogP contribution in [0.15, 0.2) is 18.2 Å². The van der Waals surface area contributed by atoms with Gasteiger partial charge in [-0.3, -0.25) is 9.48 Å². The van der Waals surface area contributed by atoms with Crippen molar-refractivity contribution in [3.05, 3.63) is 34.5 Å². The van der Waals surface area contributed by atoms with Gasteiger partial charge in [-0.15, -0.1) is 0 Å². The molecule has 3 N–H and O–H groups in total. The molecule has 0 unspecified atom stereocenters. The summed E-state index contributed by atoms with van der Waals surface area (Å²) in [5.74, 6) is -2.65. The highest BCUT2D eigenvalue weighted by molar-refractivity contribution is 6.36. The number of rotatable bonds is 9. The van der Waals surface area contributed by atoms with E-state index >= 15 is 0 Å². The molecular formula is C25H31ClF5N3O4. The van der Waals surface area contributed by atoms with E-state index in [2.05, 4.69) is 15.2 Å². The molecule has 0 bridgehead atoms. The fourth-order valence-corrected chi connectivity index (χ4v) is 4.85. The number of hydrogen-bond donors (Lipinski definition) is 3. The summed E-state index contributed by atoms with van der Waals surface area (Å²) >= 11 is 6.49. The SMILES string of the molecule is CCn1nc(C(=O)NC[C@]2(O)CC[C@@H](C)C[C@H]2O)c(Cl)c1-c1ccc(C[C@H](C)C(F)(F)F)cc1OC(F)F. The molecule has 7 nitrogen and oxygen atoms in total. The van der Waals surface area contributed by atoms with Crippen LogP contribution in [0.2, 0.25) is 5.02 Å². The number of amides is 1. The molecule has 1 saturated carbocycles. The average Bonchev–Trinajstić information content (AvgIpc) is 3.15. The Bertz CT molecular complexity index is 1140. The Kier molecular flexibility index (Phi) is 9.31. The number of aryl methyl sites for hydroxylation is 1. The lowest BCUT2D eigenvalue weighted by Crippen LogP contribution is -2.54. The van der Waals surface area contributed by atoms with Crippen LogP contribution < -0.4 is 10.1 Å². The number of hydrogen-bond acceptors (Lipinski definition) is 5. The molecule has 0 aliphatic heterocycles. The number of ether oxygens (including phenoxy) is 1. The summed E-state index contributed by atoms with van der Waals surface area (Å²) in [5.41, 5.74) is -1.56. The minimum atomic E-state index is -4.46. The van der Waals surface area contributed by atoms with Gasteiger partial charge in [0.1, 0.15) is 11.4 Å². The number of nitrogens with one attached hydrogen (secondary N) is 1. The number of benzene rings is 1. The van der Waals surface area contributed by atoms with Crippen molar-refractivity contribution in [3.63, 3.8) is 0 Å². The average molecular weight is 568 g/mol. The van der Waals surface area contributed by atoms with E-state index in [4.69, 9.17) is 11.6 Å². The number of alkyl halides is 5. The molecule has 0 spiro atoms. The highest BCUT2D eigenvalue weighted by atomic mass is 35.5. The van der Waals surface area contributed by atoms with E-state index in [1.165, 1.54) is 16.8 Å². The van der Waals surface area contributed by atoms with E-state index in [0.29, 0.717) is 12.8 Å². The van der Waals surface area contributed by atoms with Crippen molar-refractivity contribution in [1.82, 2.24) is 15.1 Å². The minimum Gasteiger partial charge on any atom is -0.434 e. The molecule has 3 rings (SSSR count). The van der Waals surface area contributed by atoms with Gasteiger partial charge in [0.15, 0.2) is 5.69 Å². The van der Waals surface area contributed by atoms with Gasteiger partial charge in [-0.1, -0.05) is 31.5 Å². The minimum absolute atomic E-state index is 0.0161. The van der Waals surface area contributed by atoms with E-state index in [1.807, 2.05) is 6.92 Å². The van der Waals surface area contributed by atoms with Gasteiger partial charge in [-0.2, -0.15) is 27.1 Å². The lowest BCUT2D eigenvalue weighted by Gasteiger charge is -2.39. The maximum absolute atomic E-state index is 13.2. The maximum atomic E-state index is 13.2. The zero-order valence-electron chi connectivity index (χ0n) is 21.2. The maximum Gasteiger partial charge on any atom is 0.391 e. The molecule has 4 atom stereocenters. The van der Waals surface area contributed by atoms with Gasteiger partial charge in [0, 0.05) is 18.7 Å². The van der Waals surface area contributed by atoms with Crippen molar-refractivity contribution < 1.29 is 41.7 Å². The van der Waals surface area contributed by atoms with E-state index < -0.39 is 48.5 Å². The van der Waals surface area contributed by atoms with Crippen molar-refractivity contribution >= 4 is 17.5 Å². The first-order chi connectivity index (χ1) is 17.7. The number of aromatic nitrogens is 2. The Morgan fingerprint density at radius 2 is 2.05 bits per heavy atom. The van der Waals surface area contributed by atoms with Gasteiger partial charge in [0.2, 0.25) is 0 Å². The number of carbonyl (C=O) groups is 1. The molecule has 13 heteroatoms. The summed E-state index contributed by atoms with van der Waals surface area (Å²) in [6, 6.07) is 3.74. The van der Waals surface area contributed by atoms with Crippen LogP contribution in [-0.4, -0.2) is 56.9 Å². The summed E-state index contributed by atoms with van der Waals surface area (Å²) in [6.07, 6.45) is -4.61. The number of carbonyl (C=O) groups excluding carboxylic acids is 1. The monoisotopic (exact) mass is 567 g/mol. The van der Waals surface area contributed by atoms with Crippen molar-refractivity contribution in [2.45, 2.75) is 77.5 Å². The van der Waals surface area contributed by atoms with Gasteiger partial charge in [-0.05, 0) is 56.2 Å². The molecule has 1 heterocycles. The van der Waals surface area contributed by atoms with Gasteiger partial charge in [0.05, 0.1) is 22.7 Å². The second-order valence-electron chi connectivity index (χ2n) is 9.86. The summed E-state index contributed by atoms with van der Waals surface area (Å²) in [7, 11) is 0. The largest absolute Gasteiger partial charge is 0.434 e. The molecular weight excluding hydrogens is 537 g/mol. The van der Waals surface area contributed by atoms with Crippen LogP contribution in [0.4, 0.5) is 22.0 Å². The second-order valence-corrected chi connectivity index (χ2v) is 10.2. The van der Waals surface area contributed by atoms with Crippen molar-refractivity contribution in [2.75, 3.05) is 6.54 Å². The first-order valence-electron chi connectivity index (χ1n) is 12.3.